The third-order valence-electron chi connectivity index (χ3n) is 6.57. The SMILES string of the molecule is COc1ccc(-c2csnc2-c2cc(C)c(OC)c(OC)c2)cc1NC(=O)[C@H]([NH3+])Cc1cc2ccccc2o1.[Cl-]. The van der Waals surface area contributed by atoms with E-state index in [1.54, 1.807) is 21.3 Å². The normalized spacial score (nSPS) is 11.5. The van der Waals surface area contributed by atoms with Crippen LogP contribution in [0, 0.1) is 6.92 Å². The predicted octanol–water partition coefficient (Wildman–Crippen LogP) is 2.35. The number of aromatic nitrogens is 1. The van der Waals surface area contributed by atoms with Crippen LogP contribution in [0.4, 0.5) is 5.69 Å². The average Bonchev–Trinajstić information content (AvgIpc) is 3.59. The fourth-order valence-corrected chi connectivity index (χ4v) is 5.34. The molecule has 10 heteroatoms. The molecular weight excluding hydrogens is 550 g/mol. The van der Waals surface area contributed by atoms with Crippen molar-refractivity contribution in [3.05, 3.63) is 77.4 Å². The van der Waals surface area contributed by atoms with E-state index < -0.39 is 6.04 Å². The summed E-state index contributed by atoms with van der Waals surface area (Å²) >= 11 is 1.36. The highest BCUT2D eigenvalue weighted by Gasteiger charge is 2.23. The molecule has 4 N–H and O–H groups in total. The molecule has 0 fully saturated rings. The zero-order chi connectivity index (χ0) is 27.5. The fourth-order valence-electron chi connectivity index (χ4n) is 4.62. The van der Waals surface area contributed by atoms with E-state index in [4.69, 9.17) is 18.6 Å². The number of para-hydroxylation sites is 1. The van der Waals surface area contributed by atoms with Gasteiger partial charge in [0.05, 0.1) is 39.1 Å². The van der Waals surface area contributed by atoms with Crippen LogP contribution in [0.1, 0.15) is 11.3 Å². The van der Waals surface area contributed by atoms with Gasteiger partial charge in [-0.2, -0.15) is 4.37 Å². The van der Waals surface area contributed by atoms with Crippen molar-refractivity contribution in [3.8, 4) is 39.6 Å². The van der Waals surface area contributed by atoms with Crippen molar-refractivity contribution < 1.29 is 41.6 Å². The summed E-state index contributed by atoms with van der Waals surface area (Å²) in [5.41, 5.74) is 9.90. The minimum atomic E-state index is -0.563. The second-order valence-corrected chi connectivity index (χ2v) is 9.79. The van der Waals surface area contributed by atoms with Gasteiger partial charge in [-0.3, -0.25) is 4.79 Å². The maximum atomic E-state index is 13.1. The molecule has 0 aliphatic heterocycles. The Labute approximate surface area is 242 Å². The second-order valence-electron chi connectivity index (χ2n) is 9.16. The van der Waals surface area contributed by atoms with Crippen molar-refractivity contribution in [2.45, 2.75) is 19.4 Å². The van der Waals surface area contributed by atoms with Gasteiger partial charge in [-0.1, -0.05) is 24.3 Å². The molecule has 1 atom stereocenters. The number of anilines is 1. The molecule has 5 rings (SSSR count). The molecule has 0 aliphatic carbocycles. The highest BCUT2D eigenvalue weighted by molar-refractivity contribution is 7.04. The largest absolute Gasteiger partial charge is 1.00 e. The van der Waals surface area contributed by atoms with Crippen LogP contribution in [0.25, 0.3) is 33.4 Å². The lowest BCUT2D eigenvalue weighted by Crippen LogP contribution is -3.00. The number of methoxy groups -OCH3 is 3. The highest BCUT2D eigenvalue weighted by atomic mass is 35.5. The number of nitrogens with zero attached hydrogens (tertiary/aromatic N) is 1. The second kappa shape index (κ2) is 12.4. The summed E-state index contributed by atoms with van der Waals surface area (Å²) in [5, 5.41) is 5.98. The number of carbonyl (C=O) groups is 1. The zero-order valence-corrected chi connectivity index (χ0v) is 24.2. The minimum Gasteiger partial charge on any atom is -1.00 e. The first kappa shape index (κ1) is 28.9. The maximum Gasteiger partial charge on any atom is 0.283 e. The van der Waals surface area contributed by atoms with Gasteiger partial charge >= 0.3 is 0 Å². The molecule has 0 radical (unpaired) electrons. The third-order valence-corrected chi connectivity index (χ3v) is 7.20. The van der Waals surface area contributed by atoms with Gasteiger partial charge in [0.25, 0.3) is 5.91 Å². The van der Waals surface area contributed by atoms with Crippen molar-refractivity contribution in [2.24, 2.45) is 0 Å². The Hall–Kier alpha value is -4.05. The zero-order valence-electron chi connectivity index (χ0n) is 22.6. The Kier molecular flexibility index (Phi) is 8.99. The number of amides is 1. The van der Waals surface area contributed by atoms with E-state index in [-0.39, 0.29) is 18.3 Å². The van der Waals surface area contributed by atoms with Crippen LogP contribution in [-0.4, -0.2) is 37.7 Å². The Morgan fingerprint density at radius 1 is 1.00 bits per heavy atom. The molecule has 0 spiro atoms. The molecule has 2 aromatic heterocycles. The van der Waals surface area contributed by atoms with Crippen molar-refractivity contribution in [3.63, 3.8) is 0 Å². The van der Waals surface area contributed by atoms with Gasteiger partial charge in [-0.15, -0.1) is 0 Å². The predicted molar refractivity (Wildman–Crippen MR) is 153 cm³/mol. The quantitative estimate of drug-likeness (QED) is 0.277. The number of aryl methyl sites for hydroxylation is 1. The number of hydrogen-bond acceptors (Lipinski definition) is 7. The first-order chi connectivity index (χ1) is 18.9. The Morgan fingerprint density at radius 3 is 2.50 bits per heavy atom. The van der Waals surface area contributed by atoms with Crippen LogP contribution in [0.3, 0.4) is 0 Å². The number of benzene rings is 3. The lowest BCUT2D eigenvalue weighted by Gasteiger charge is -2.15. The van der Waals surface area contributed by atoms with Crippen LogP contribution in [0.5, 0.6) is 17.2 Å². The Morgan fingerprint density at radius 2 is 1.77 bits per heavy atom. The lowest BCUT2D eigenvalue weighted by molar-refractivity contribution is -0.402. The van der Waals surface area contributed by atoms with Crippen molar-refractivity contribution >= 4 is 34.1 Å². The molecule has 0 saturated carbocycles. The van der Waals surface area contributed by atoms with E-state index in [1.165, 1.54) is 11.5 Å². The fraction of sp³-hybridized carbons (Fsp3) is 0.200. The summed E-state index contributed by atoms with van der Waals surface area (Å²) in [6.07, 6.45) is 0.375. The van der Waals surface area contributed by atoms with E-state index in [1.807, 2.05) is 73.0 Å². The average molecular weight is 580 g/mol. The first-order valence-electron chi connectivity index (χ1n) is 12.4. The molecule has 0 unspecified atom stereocenters. The number of halogens is 1. The summed E-state index contributed by atoms with van der Waals surface area (Å²) < 4.78 is 27.1. The van der Waals surface area contributed by atoms with Crippen molar-refractivity contribution in [1.82, 2.24) is 4.37 Å². The molecule has 8 nitrogen and oxygen atoms in total. The summed E-state index contributed by atoms with van der Waals surface area (Å²) in [6.45, 7) is 1.97. The monoisotopic (exact) mass is 579 g/mol. The molecule has 0 bridgehead atoms. The number of rotatable bonds is 9. The van der Waals surface area contributed by atoms with Crippen LogP contribution in [-0.2, 0) is 11.2 Å². The smallest absolute Gasteiger partial charge is 0.283 e. The standard InChI is InChI=1S/C30H29N3O5S.ClH/c1-17-11-20(14-27(36-3)29(17)37-4)28-22(16-39-33-28)18-9-10-26(35-2)24(13-18)32-30(34)23(31)15-21-12-19-7-5-6-8-25(19)38-21;/h5-14,16,23H,15,31H2,1-4H3,(H,32,34);1H/t23-;/m1./s1. The number of nitrogens with one attached hydrogen (secondary N) is 1. The Balaban J connectivity index is 0.00000370. The molecule has 208 valence electrons. The molecule has 2 heterocycles. The van der Waals surface area contributed by atoms with E-state index >= 15 is 0 Å². The van der Waals surface area contributed by atoms with Gasteiger partial charge in [0.2, 0.25) is 0 Å². The van der Waals surface area contributed by atoms with Crippen molar-refractivity contribution in [2.75, 3.05) is 26.6 Å². The van der Waals surface area contributed by atoms with Crippen molar-refractivity contribution in [1.29, 1.82) is 0 Å². The Bertz CT molecular complexity index is 1610. The van der Waals surface area contributed by atoms with E-state index in [9.17, 15) is 4.79 Å². The highest BCUT2D eigenvalue weighted by Crippen LogP contribution is 2.41. The number of furan rings is 1. The minimum absolute atomic E-state index is 0. The first-order valence-corrected chi connectivity index (χ1v) is 13.2. The number of fused-ring (bicyclic) bond motifs is 1. The van der Waals surface area contributed by atoms with Gasteiger partial charge < -0.3 is 42.1 Å². The molecule has 0 aliphatic rings. The van der Waals surface area contributed by atoms with E-state index in [2.05, 4.69) is 15.4 Å². The number of hydrogen-bond donors (Lipinski definition) is 2. The number of quaternary nitrogens is 1. The summed E-state index contributed by atoms with van der Waals surface area (Å²) in [7, 11) is 4.81. The maximum absolute atomic E-state index is 13.1. The third kappa shape index (κ3) is 5.77. The molecule has 5 aromatic rings. The van der Waals surface area contributed by atoms with Gasteiger partial charge in [-0.05, 0) is 66.0 Å². The van der Waals surface area contributed by atoms with E-state index in [0.29, 0.717) is 35.1 Å². The molecule has 40 heavy (non-hydrogen) atoms. The molecular formula is C30H30ClN3O5S. The summed E-state index contributed by atoms with van der Waals surface area (Å²) in [6, 6.07) is 18.8. The molecule has 0 saturated heterocycles. The van der Waals surface area contributed by atoms with Crippen LogP contribution in [0.15, 0.2) is 70.5 Å². The van der Waals surface area contributed by atoms with Gasteiger partial charge in [0.15, 0.2) is 17.5 Å². The van der Waals surface area contributed by atoms with Crippen LogP contribution >= 0.6 is 11.5 Å². The van der Waals surface area contributed by atoms with Gasteiger partial charge in [-0.25, -0.2) is 0 Å². The van der Waals surface area contributed by atoms with E-state index in [0.717, 1.165) is 38.9 Å². The lowest BCUT2D eigenvalue weighted by atomic mass is 9.99. The van der Waals surface area contributed by atoms with Crippen LogP contribution in [0.2, 0.25) is 0 Å². The molecule has 1 amide bonds. The van der Waals surface area contributed by atoms with Crippen LogP contribution < -0.4 is 37.7 Å². The molecule has 3 aromatic carbocycles. The number of carbonyl (C=O) groups excluding carboxylic acids is 1. The van der Waals surface area contributed by atoms with Gasteiger partial charge in [0.1, 0.15) is 17.1 Å². The summed E-state index contributed by atoms with van der Waals surface area (Å²) in [4.78, 5) is 13.1. The number of ether oxygens (including phenoxy) is 3. The van der Waals surface area contributed by atoms with Gasteiger partial charge in [0, 0.05) is 21.9 Å². The summed E-state index contributed by atoms with van der Waals surface area (Å²) in [5.74, 6) is 2.36. The topological polar surface area (TPSA) is 110 Å².